The lowest BCUT2D eigenvalue weighted by molar-refractivity contribution is -0.0604. The van der Waals surface area contributed by atoms with E-state index in [1.807, 2.05) is 0 Å². The Morgan fingerprint density at radius 3 is 2.35 bits per heavy atom. The fourth-order valence-corrected chi connectivity index (χ4v) is 2.26. The highest BCUT2D eigenvalue weighted by Gasteiger charge is 2.41. The van der Waals surface area contributed by atoms with Crippen molar-refractivity contribution in [1.29, 1.82) is 0 Å². The van der Waals surface area contributed by atoms with Crippen LogP contribution in [0.25, 0.3) is 10.9 Å². The van der Waals surface area contributed by atoms with Gasteiger partial charge in [-0.3, -0.25) is 0 Å². The molecule has 2 rings (SSSR count). The van der Waals surface area contributed by atoms with Gasteiger partial charge in [0.05, 0.1) is 11.2 Å². The Labute approximate surface area is 109 Å². The standard InChI is InChI=1S/C12H9F5N2O/c1-5-7-3-6(13)4-8(14)10(7)19(2)9(5)11(18-20)12(15,16)17/h3-4,20H,1-2H3. The van der Waals surface area contributed by atoms with E-state index in [9.17, 15) is 22.0 Å². The monoisotopic (exact) mass is 292 g/mol. The van der Waals surface area contributed by atoms with Crippen LogP contribution in [0.5, 0.6) is 0 Å². The van der Waals surface area contributed by atoms with Gasteiger partial charge in [0, 0.05) is 18.5 Å². The molecule has 0 aliphatic rings. The molecule has 1 aromatic heterocycles. The minimum atomic E-state index is -4.92. The molecule has 8 heteroatoms. The van der Waals surface area contributed by atoms with Gasteiger partial charge in [0.1, 0.15) is 11.6 Å². The number of benzene rings is 1. The highest BCUT2D eigenvalue weighted by molar-refractivity contribution is 6.08. The fraction of sp³-hybridized carbons (Fsp3) is 0.250. The Bertz CT molecular complexity index is 715. The summed E-state index contributed by atoms with van der Waals surface area (Å²) in [5.41, 5.74) is -2.29. The minimum Gasteiger partial charge on any atom is -0.410 e. The molecule has 3 nitrogen and oxygen atoms in total. The first-order valence-electron chi connectivity index (χ1n) is 5.42. The summed E-state index contributed by atoms with van der Waals surface area (Å²) in [5.74, 6) is -1.89. The first-order chi connectivity index (χ1) is 9.18. The normalized spacial score (nSPS) is 13.2. The molecule has 108 valence electrons. The van der Waals surface area contributed by atoms with Crippen LogP contribution in [-0.4, -0.2) is 21.7 Å². The van der Waals surface area contributed by atoms with Gasteiger partial charge >= 0.3 is 6.18 Å². The Balaban J connectivity index is 2.89. The first-order valence-corrected chi connectivity index (χ1v) is 5.42. The highest BCUT2D eigenvalue weighted by atomic mass is 19.4. The van der Waals surface area contributed by atoms with Crippen LogP contribution in [0.15, 0.2) is 17.3 Å². The third kappa shape index (κ3) is 2.00. The van der Waals surface area contributed by atoms with Gasteiger partial charge < -0.3 is 9.77 Å². The molecule has 0 aliphatic carbocycles. The molecule has 0 saturated heterocycles. The smallest absolute Gasteiger partial charge is 0.410 e. The predicted octanol–water partition coefficient (Wildman–Crippen LogP) is 3.51. The third-order valence-corrected chi connectivity index (χ3v) is 3.05. The van der Waals surface area contributed by atoms with Gasteiger partial charge in [-0.15, -0.1) is 0 Å². The average Bonchev–Trinajstić information content (AvgIpc) is 2.53. The van der Waals surface area contributed by atoms with Gasteiger partial charge in [0.25, 0.3) is 0 Å². The van der Waals surface area contributed by atoms with Gasteiger partial charge in [0.15, 0.2) is 0 Å². The number of hydrogen-bond donors (Lipinski definition) is 1. The fourth-order valence-electron chi connectivity index (χ4n) is 2.26. The number of rotatable bonds is 1. The maximum absolute atomic E-state index is 13.7. The molecule has 20 heavy (non-hydrogen) atoms. The molecule has 0 amide bonds. The van der Waals surface area contributed by atoms with E-state index in [4.69, 9.17) is 5.21 Å². The summed E-state index contributed by atoms with van der Waals surface area (Å²) in [7, 11) is 1.18. The van der Waals surface area contributed by atoms with E-state index < -0.39 is 29.2 Å². The van der Waals surface area contributed by atoms with E-state index >= 15 is 0 Å². The van der Waals surface area contributed by atoms with Crippen molar-refractivity contribution < 1.29 is 27.2 Å². The second-order valence-corrected chi connectivity index (χ2v) is 4.26. The van der Waals surface area contributed by atoms with Crippen LogP contribution in [0.4, 0.5) is 22.0 Å². The average molecular weight is 292 g/mol. The van der Waals surface area contributed by atoms with Crippen LogP contribution >= 0.6 is 0 Å². The number of aryl methyl sites for hydroxylation is 2. The number of nitrogens with zero attached hydrogens (tertiary/aromatic N) is 2. The predicted molar refractivity (Wildman–Crippen MR) is 62.0 cm³/mol. The van der Waals surface area contributed by atoms with E-state index in [2.05, 4.69) is 5.16 Å². The highest BCUT2D eigenvalue weighted by Crippen LogP contribution is 2.32. The Kier molecular flexibility index (Phi) is 3.19. The van der Waals surface area contributed by atoms with Crippen molar-refractivity contribution in [2.24, 2.45) is 12.2 Å². The molecule has 0 fully saturated rings. The lowest BCUT2D eigenvalue weighted by Crippen LogP contribution is -2.27. The number of hydrogen-bond acceptors (Lipinski definition) is 2. The maximum Gasteiger partial charge on any atom is 0.438 e. The summed E-state index contributed by atoms with van der Waals surface area (Å²) >= 11 is 0. The van der Waals surface area contributed by atoms with E-state index in [1.165, 1.54) is 14.0 Å². The van der Waals surface area contributed by atoms with Crippen molar-refractivity contribution in [3.05, 3.63) is 35.0 Å². The number of aromatic nitrogens is 1. The zero-order valence-corrected chi connectivity index (χ0v) is 10.4. The number of oxime groups is 1. The zero-order valence-electron chi connectivity index (χ0n) is 10.4. The van der Waals surface area contributed by atoms with Crippen molar-refractivity contribution in [2.45, 2.75) is 13.1 Å². The Morgan fingerprint density at radius 2 is 1.85 bits per heavy atom. The molecule has 0 spiro atoms. The summed E-state index contributed by atoms with van der Waals surface area (Å²) in [6.45, 7) is 1.27. The largest absolute Gasteiger partial charge is 0.438 e. The van der Waals surface area contributed by atoms with Gasteiger partial charge in [-0.25, -0.2) is 8.78 Å². The maximum atomic E-state index is 13.7. The summed E-state index contributed by atoms with van der Waals surface area (Å²) in [6.07, 6.45) is -4.92. The Hall–Kier alpha value is -2.12. The van der Waals surface area contributed by atoms with Crippen LogP contribution < -0.4 is 0 Å². The molecule has 0 atom stereocenters. The quantitative estimate of drug-likeness (QED) is 0.371. The van der Waals surface area contributed by atoms with Crippen molar-refractivity contribution in [3.63, 3.8) is 0 Å². The van der Waals surface area contributed by atoms with E-state index in [0.717, 1.165) is 10.6 Å². The van der Waals surface area contributed by atoms with Crippen molar-refractivity contribution in [2.75, 3.05) is 0 Å². The first kappa shape index (κ1) is 14.3. The topological polar surface area (TPSA) is 37.5 Å². The van der Waals surface area contributed by atoms with Crippen LogP contribution in [0, 0.1) is 18.6 Å². The van der Waals surface area contributed by atoms with Gasteiger partial charge in [-0.05, 0) is 18.6 Å². The van der Waals surface area contributed by atoms with Crippen molar-refractivity contribution >= 4 is 16.6 Å². The summed E-state index contributed by atoms with van der Waals surface area (Å²) in [5, 5.41) is 10.8. The molecule has 0 radical (unpaired) electrons. The zero-order chi connectivity index (χ0) is 15.2. The summed E-state index contributed by atoms with van der Waals surface area (Å²) in [6, 6.07) is 1.51. The van der Waals surface area contributed by atoms with Crippen LogP contribution in [0.3, 0.4) is 0 Å². The summed E-state index contributed by atoms with van der Waals surface area (Å²) < 4.78 is 66.2. The third-order valence-electron chi connectivity index (χ3n) is 3.05. The molecule has 0 saturated carbocycles. The lowest BCUT2D eigenvalue weighted by atomic mass is 10.1. The van der Waals surface area contributed by atoms with Crippen molar-refractivity contribution in [1.82, 2.24) is 4.57 Å². The van der Waals surface area contributed by atoms with Crippen molar-refractivity contribution in [3.8, 4) is 0 Å². The summed E-state index contributed by atoms with van der Waals surface area (Å²) in [4.78, 5) is 0. The minimum absolute atomic E-state index is 0.00889. The van der Waals surface area contributed by atoms with Gasteiger partial charge in [-0.2, -0.15) is 13.2 Å². The van der Waals surface area contributed by atoms with Crippen LogP contribution in [0.1, 0.15) is 11.3 Å². The van der Waals surface area contributed by atoms with Gasteiger partial charge in [-0.1, -0.05) is 5.16 Å². The molecule has 1 aromatic carbocycles. The Morgan fingerprint density at radius 1 is 1.25 bits per heavy atom. The van der Waals surface area contributed by atoms with E-state index in [-0.39, 0.29) is 16.5 Å². The molecular formula is C12H9F5N2O. The molecule has 0 aliphatic heterocycles. The molecule has 2 aromatic rings. The molecule has 1 heterocycles. The number of halogens is 5. The second-order valence-electron chi connectivity index (χ2n) is 4.26. The lowest BCUT2D eigenvalue weighted by Gasteiger charge is -2.11. The molecule has 0 unspecified atom stereocenters. The van der Waals surface area contributed by atoms with E-state index in [0.29, 0.717) is 6.07 Å². The second kappa shape index (κ2) is 4.46. The number of fused-ring (bicyclic) bond motifs is 1. The molecule has 1 N–H and O–H groups in total. The van der Waals surface area contributed by atoms with Gasteiger partial charge in [0.2, 0.25) is 5.71 Å². The molecular weight excluding hydrogens is 283 g/mol. The van der Waals surface area contributed by atoms with E-state index in [1.54, 1.807) is 0 Å². The SMILES string of the molecule is Cc1c(C(=NO)C(F)(F)F)n(C)c2c(F)cc(F)cc12. The van der Waals surface area contributed by atoms with Crippen LogP contribution in [0.2, 0.25) is 0 Å². The van der Waals surface area contributed by atoms with Crippen LogP contribution in [-0.2, 0) is 7.05 Å². The number of alkyl halides is 3. The molecule has 0 bridgehead atoms.